The van der Waals surface area contributed by atoms with Crippen LogP contribution >= 0.6 is 15.9 Å². The topological polar surface area (TPSA) is 87.2 Å². The van der Waals surface area contributed by atoms with Gasteiger partial charge in [0, 0.05) is 9.86 Å². The molecule has 0 radical (unpaired) electrons. The largest absolute Gasteiger partial charge is 0.507 e. The SMILES string of the molecule is O=C(N=Nc1c(O)n(Cc2ccccc2)c2ccc(Br)cc12)c1ccccc1O. The van der Waals surface area contributed by atoms with Crippen molar-refractivity contribution in [2.45, 2.75) is 6.54 Å². The summed E-state index contributed by atoms with van der Waals surface area (Å²) in [4.78, 5) is 12.3. The molecule has 1 aromatic heterocycles. The first-order chi connectivity index (χ1) is 14.0. The summed E-state index contributed by atoms with van der Waals surface area (Å²) in [5, 5.41) is 29.1. The van der Waals surface area contributed by atoms with Gasteiger partial charge in [0.2, 0.25) is 5.88 Å². The zero-order chi connectivity index (χ0) is 20.4. The van der Waals surface area contributed by atoms with Crippen molar-refractivity contribution >= 4 is 38.4 Å². The third-order valence-electron chi connectivity index (χ3n) is 4.53. The Hall–Kier alpha value is -3.45. The van der Waals surface area contributed by atoms with Gasteiger partial charge >= 0.3 is 0 Å². The minimum atomic E-state index is -0.693. The van der Waals surface area contributed by atoms with Gasteiger partial charge in [-0.25, -0.2) is 0 Å². The van der Waals surface area contributed by atoms with Crippen LogP contribution in [-0.2, 0) is 6.54 Å². The van der Waals surface area contributed by atoms with Crippen LogP contribution in [0.15, 0.2) is 87.5 Å². The number of phenolic OH excluding ortho intramolecular Hbond substituents is 1. The van der Waals surface area contributed by atoms with Crippen molar-refractivity contribution in [1.82, 2.24) is 4.57 Å². The van der Waals surface area contributed by atoms with E-state index in [1.807, 2.05) is 48.5 Å². The quantitative estimate of drug-likeness (QED) is 0.386. The third kappa shape index (κ3) is 3.77. The first-order valence-corrected chi connectivity index (χ1v) is 9.62. The van der Waals surface area contributed by atoms with Gasteiger partial charge in [0.15, 0.2) is 5.69 Å². The fourth-order valence-electron chi connectivity index (χ4n) is 3.12. The summed E-state index contributed by atoms with van der Waals surface area (Å²) in [6.45, 7) is 0.438. The van der Waals surface area contributed by atoms with E-state index in [-0.39, 0.29) is 22.9 Å². The number of benzene rings is 3. The first-order valence-electron chi connectivity index (χ1n) is 8.83. The number of halogens is 1. The predicted octanol–water partition coefficient (Wildman–Crippen LogP) is 5.79. The standard InChI is InChI=1S/C22H16BrN3O3/c23-15-10-11-18-17(12-15)20(22(29)26(18)13-14-6-2-1-3-7-14)24-25-21(28)16-8-4-5-9-19(16)27/h1-12,27,29H,13H2. The maximum Gasteiger partial charge on any atom is 0.299 e. The molecule has 0 spiro atoms. The summed E-state index contributed by atoms with van der Waals surface area (Å²) in [6, 6.07) is 21.4. The molecule has 144 valence electrons. The van der Waals surface area contributed by atoms with Gasteiger partial charge in [-0.2, -0.15) is 0 Å². The number of para-hydroxylation sites is 1. The Morgan fingerprint density at radius 3 is 2.45 bits per heavy atom. The molecule has 0 saturated heterocycles. The molecule has 1 heterocycles. The third-order valence-corrected chi connectivity index (χ3v) is 5.02. The van der Waals surface area contributed by atoms with E-state index >= 15 is 0 Å². The highest BCUT2D eigenvalue weighted by molar-refractivity contribution is 9.10. The number of phenols is 1. The van der Waals surface area contributed by atoms with Crippen LogP contribution in [0.4, 0.5) is 5.69 Å². The van der Waals surface area contributed by atoms with Crippen LogP contribution in [0, 0.1) is 0 Å². The fraction of sp³-hybridized carbons (Fsp3) is 0.0455. The number of hydrogen-bond donors (Lipinski definition) is 2. The van der Waals surface area contributed by atoms with Crippen LogP contribution in [0.5, 0.6) is 11.6 Å². The first kappa shape index (κ1) is 18.9. The van der Waals surface area contributed by atoms with Gasteiger partial charge in [0.1, 0.15) is 5.75 Å². The second kappa shape index (κ2) is 7.89. The molecule has 2 N–H and O–H groups in total. The number of fused-ring (bicyclic) bond motifs is 1. The maximum absolute atomic E-state index is 12.3. The van der Waals surface area contributed by atoms with Crippen molar-refractivity contribution in [1.29, 1.82) is 0 Å². The molecule has 4 rings (SSSR count). The Balaban J connectivity index is 1.78. The average molecular weight is 450 g/mol. The molecule has 0 bridgehead atoms. The molecule has 6 nitrogen and oxygen atoms in total. The maximum atomic E-state index is 12.3. The summed E-state index contributed by atoms with van der Waals surface area (Å²) >= 11 is 3.43. The van der Waals surface area contributed by atoms with Gasteiger partial charge in [-0.05, 0) is 35.9 Å². The zero-order valence-electron chi connectivity index (χ0n) is 15.2. The molecule has 3 aromatic carbocycles. The highest BCUT2D eigenvalue weighted by Gasteiger charge is 2.18. The summed E-state index contributed by atoms with van der Waals surface area (Å²) in [5.74, 6) is -0.952. The molecular formula is C22H16BrN3O3. The Bertz CT molecular complexity index is 1230. The number of rotatable bonds is 4. The van der Waals surface area contributed by atoms with Crippen LogP contribution in [-0.4, -0.2) is 20.7 Å². The minimum Gasteiger partial charge on any atom is -0.507 e. The van der Waals surface area contributed by atoms with Crippen LogP contribution in [0.25, 0.3) is 10.9 Å². The molecule has 7 heteroatoms. The summed E-state index contributed by atoms with van der Waals surface area (Å²) in [5.41, 5.74) is 2.01. The van der Waals surface area contributed by atoms with Gasteiger partial charge in [-0.1, -0.05) is 58.4 Å². The van der Waals surface area contributed by atoms with E-state index < -0.39 is 5.91 Å². The lowest BCUT2D eigenvalue weighted by Gasteiger charge is -2.07. The minimum absolute atomic E-state index is 0.0462. The fourth-order valence-corrected chi connectivity index (χ4v) is 3.49. The number of aromatic nitrogens is 1. The molecule has 4 aromatic rings. The summed E-state index contributed by atoms with van der Waals surface area (Å²) in [6.07, 6.45) is 0. The van der Waals surface area contributed by atoms with E-state index in [0.29, 0.717) is 11.9 Å². The van der Waals surface area contributed by atoms with Crippen molar-refractivity contribution in [3.8, 4) is 11.6 Å². The number of carbonyl (C=O) groups excluding carboxylic acids is 1. The van der Waals surface area contributed by atoms with Crippen LogP contribution in [0.3, 0.4) is 0 Å². The molecule has 1 amide bonds. The van der Waals surface area contributed by atoms with E-state index in [2.05, 4.69) is 26.2 Å². The lowest BCUT2D eigenvalue weighted by molar-refractivity contribution is 0.0992. The number of carbonyl (C=O) groups is 1. The number of aromatic hydroxyl groups is 2. The van der Waals surface area contributed by atoms with Gasteiger partial charge in [0.05, 0.1) is 17.6 Å². The second-order valence-corrected chi connectivity index (χ2v) is 7.34. The van der Waals surface area contributed by atoms with Crippen molar-refractivity contribution in [2.24, 2.45) is 10.2 Å². The number of amides is 1. The highest BCUT2D eigenvalue weighted by atomic mass is 79.9. The number of azo groups is 1. The molecular weight excluding hydrogens is 434 g/mol. The van der Waals surface area contributed by atoms with Gasteiger partial charge in [-0.3, -0.25) is 4.79 Å². The lowest BCUT2D eigenvalue weighted by atomic mass is 10.2. The van der Waals surface area contributed by atoms with Gasteiger partial charge < -0.3 is 14.8 Å². The highest BCUT2D eigenvalue weighted by Crippen LogP contribution is 2.40. The molecule has 0 atom stereocenters. The van der Waals surface area contributed by atoms with Crippen molar-refractivity contribution in [3.05, 3.63) is 88.4 Å². The van der Waals surface area contributed by atoms with E-state index in [1.54, 1.807) is 16.7 Å². The monoisotopic (exact) mass is 449 g/mol. The Morgan fingerprint density at radius 2 is 1.69 bits per heavy atom. The molecule has 0 saturated carbocycles. The molecule has 0 fully saturated rings. The Labute approximate surface area is 174 Å². The average Bonchev–Trinajstić information content (AvgIpc) is 2.98. The molecule has 0 unspecified atom stereocenters. The number of hydrogen-bond acceptors (Lipinski definition) is 4. The molecule has 29 heavy (non-hydrogen) atoms. The van der Waals surface area contributed by atoms with Crippen LogP contribution in [0.2, 0.25) is 0 Å². The Kier molecular flexibility index (Phi) is 5.14. The second-order valence-electron chi connectivity index (χ2n) is 6.43. The Morgan fingerprint density at radius 1 is 0.966 bits per heavy atom. The summed E-state index contributed by atoms with van der Waals surface area (Å²) in [7, 11) is 0. The molecule has 0 aliphatic carbocycles. The summed E-state index contributed by atoms with van der Waals surface area (Å²) < 4.78 is 2.53. The molecule has 0 aliphatic heterocycles. The van der Waals surface area contributed by atoms with Crippen molar-refractivity contribution < 1.29 is 15.0 Å². The van der Waals surface area contributed by atoms with Gasteiger partial charge in [-0.15, -0.1) is 10.2 Å². The molecule has 0 aliphatic rings. The van der Waals surface area contributed by atoms with Gasteiger partial charge in [0.25, 0.3) is 5.91 Å². The van der Waals surface area contributed by atoms with E-state index in [4.69, 9.17) is 0 Å². The number of nitrogens with zero attached hydrogens (tertiary/aromatic N) is 3. The van der Waals surface area contributed by atoms with E-state index in [1.165, 1.54) is 12.1 Å². The van der Waals surface area contributed by atoms with Crippen molar-refractivity contribution in [2.75, 3.05) is 0 Å². The zero-order valence-corrected chi connectivity index (χ0v) is 16.7. The van der Waals surface area contributed by atoms with Crippen molar-refractivity contribution in [3.63, 3.8) is 0 Å². The van der Waals surface area contributed by atoms with Crippen LogP contribution in [0.1, 0.15) is 15.9 Å². The lowest BCUT2D eigenvalue weighted by Crippen LogP contribution is -1.98. The smallest absolute Gasteiger partial charge is 0.299 e. The van der Waals surface area contributed by atoms with Crippen LogP contribution < -0.4 is 0 Å². The van der Waals surface area contributed by atoms with E-state index in [9.17, 15) is 15.0 Å². The van der Waals surface area contributed by atoms with E-state index in [0.717, 1.165) is 15.6 Å². The normalized spacial score (nSPS) is 11.3. The predicted molar refractivity (Wildman–Crippen MR) is 114 cm³/mol.